The molecule has 0 radical (unpaired) electrons. The molecule has 1 atom stereocenters. The van der Waals surface area contributed by atoms with Gasteiger partial charge in [0, 0.05) is 19.5 Å². The van der Waals surface area contributed by atoms with Crippen molar-refractivity contribution in [3.8, 4) is 0 Å². The fourth-order valence-corrected chi connectivity index (χ4v) is 2.30. The molecule has 0 bridgehead atoms. The third-order valence-electron chi connectivity index (χ3n) is 3.43. The molecule has 2 amide bonds. The molecule has 0 aliphatic rings. The van der Waals surface area contributed by atoms with E-state index in [9.17, 15) is 9.59 Å². The predicted molar refractivity (Wildman–Crippen MR) is 89.0 cm³/mol. The maximum atomic E-state index is 12.4. The molecule has 0 fully saturated rings. The van der Waals surface area contributed by atoms with E-state index in [-0.39, 0.29) is 17.7 Å². The van der Waals surface area contributed by atoms with Gasteiger partial charge in [-0.2, -0.15) is 0 Å². The topological polar surface area (TPSA) is 127 Å². The minimum atomic E-state index is -0.477. The SMILES string of the molecule is CC(C)[C@@H](C(=O)NCCCN)N(CCCN)C(=O)CCCN. The van der Waals surface area contributed by atoms with Crippen LogP contribution in [0.3, 0.4) is 0 Å². The molecule has 0 saturated carbocycles. The lowest BCUT2D eigenvalue weighted by Gasteiger charge is -2.33. The van der Waals surface area contributed by atoms with Gasteiger partial charge in [0.05, 0.1) is 0 Å². The molecule has 0 rings (SSSR count). The first-order valence-electron chi connectivity index (χ1n) is 8.16. The van der Waals surface area contributed by atoms with Gasteiger partial charge in [0.15, 0.2) is 0 Å². The van der Waals surface area contributed by atoms with Gasteiger partial charge in [-0.05, 0) is 44.8 Å². The molecule has 0 unspecified atom stereocenters. The van der Waals surface area contributed by atoms with Crippen molar-refractivity contribution >= 4 is 11.8 Å². The van der Waals surface area contributed by atoms with Gasteiger partial charge < -0.3 is 27.4 Å². The average molecular weight is 315 g/mol. The highest BCUT2D eigenvalue weighted by Gasteiger charge is 2.31. The molecular formula is C15H33N5O2. The Morgan fingerprint density at radius 3 is 2.09 bits per heavy atom. The van der Waals surface area contributed by atoms with E-state index in [2.05, 4.69) is 5.32 Å². The van der Waals surface area contributed by atoms with E-state index >= 15 is 0 Å². The third kappa shape index (κ3) is 7.72. The van der Waals surface area contributed by atoms with E-state index in [4.69, 9.17) is 17.2 Å². The van der Waals surface area contributed by atoms with Crippen LogP contribution in [-0.4, -0.2) is 55.5 Å². The van der Waals surface area contributed by atoms with Gasteiger partial charge in [-0.3, -0.25) is 9.59 Å². The number of hydrogen-bond donors (Lipinski definition) is 4. The van der Waals surface area contributed by atoms with Crippen molar-refractivity contribution in [1.82, 2.24) is 10.2 Å². The second-order valence-electron chi connectivity index (χ2n) is 5.74. The third-order valence-corrected chi connectivity index (χ3v) is 3.43. The summed E-state index contributed by atoms with van der Waals surface area (Å²) in [6.45, 7) is 6.38. The summed E-state index contributed by atoms with van der Waals surface area (Å²) in [6.07, 6.45) is 2.38. The molecule has 130 valence electrons. The Hall–Kier alpha value is -1.18. The summed E-state index contributed by atoms with van der Waals surface area (Å²) in [4.78, 5) is 26.5. The van der Waals surface area contributed by atoms with Gasteiger partial charge in [-0.15, -0.1) is 0 Å². The molecule has 0 aliphatic carbocycles. The van der Waals surface area contributed by atoms with Gasteiger partial charge >= 0.3 is 0 Å². The number of amides is 2. The van der Waals surface area contributed by atoms with Crippen LogP contribution in [0.25, 0.3) is 0 Å². The Labute approximate surface area is 134 Å². The Kier molecular flexibility index (Phi) is 11.7. The van der Waals surface area contributed by atoms with Crippen molar-refractivity contribution in [2.75, 3.05) is 32.7 Å². The number of nitrogens with zero attached hydrogens (tertiary/aromatic N) is 1. The van der Waals surface area contributed by atoms with Gasteiger partial charge in [0.1, 0.15) is 6.04 Å². The first kappa shape index (κ1) is 20.8. The Morgan fingerprint density at radius 2 is 1.59 bits per heavy atom. The smallest absolute Gasteiger partial charge is 0.243 e. The molecule has 0 spiro atoms. The molecule has 0 saturated heterocycles. The minimum absolute atomic E-state index is 0.0254. The van der Waals surface area contributed by atoms with Crippen LogP contribution in [-0.2, 0) is 9.59 Å². The highest BCUT2D eigenvalue weighted by atomic mass is 16.2. The lowest BCUT2D eigenvalue weighted by atomic mass is 10.00. The van der Waals surface area contributed by atoms with Crippen LogP contribution in [0.5, 0.6) is 0 Å². The predicted octanol–water partition coefficient (Wildman–Crippen LogP) is -0.608. The number of nitrogens with two attached hydrogens (primary N) is 3. The van der Waals surface area contributed by atoms with E-state index in [1.165, 1.54) is 0 Å². The zero-order chi connectivity index (χ0) is 17.0. The highest BCUT2D eigenvalue weighted by molar-refractivity contribution is 5.87. The molecule has 0 aromatic rings. The molecule has 0 aromatic carbocycles. The lowest BCUT2D eigenvalue weighted by molar-refractivity contribution is -0.142. The molecule has 7 N–H and O–H groups in total. The van der Waals surface area contributed by atoms with E-state index in [0.717, 1.165) is 6.42 Å². The fraction of sp³-hybridized carbons (Fsp3) is 0.867. The monoisotopic (exact) mass is 315 g/mol. The molecule has 7 nitrogen and oxygen atoms in total. The summed E-state index contributed by atoms with van der Waals surface area (Å²) < 4.78 is 0. The maximum Gasteiger partial charge on any atom is 0.243 e. The summed E-state index contributed by atoms with van der Waals surface area (Å²) in [6, 6.07) is -0.477. The Morgan fingerprint density at radius 1 is 1.00 bits per heavy atom. The molecule has 0 heterocycles. The molecule has 0 aromatic heterocycles. The lowest BCUT2D eigenvalue weighted by Crippen LogP contribution is -2.53. The van der Waals surface area contributed by atoms with E-state index in [0.29, 0.717) is 52.0 Å². The normalized spacial score (nSPS) is 12.3. The van der Waals surface area contributed by atoms with E-state index in [1.807, 2.05) is 13.8 Å². The van der Waals surface area contributed by atoms with Crippen LogP contribution in [0, 0.1) is 5.92 Å². The first-order chi connectivity index (χ1) is 10.5. The summed E-state index contributed by atoms with van der Waals surface area (Å²) in [5.74, 6) is -0.134. The highest BCUT2D eigenvalue weighted by Crippen LogP contribution is 2.14. The minimum Gasteiger partial charge on any atom is -0.354 e. The van der Waals surface area contributed by atoms with Crippen molar-refractivity contribution in [3.63, 3.8) is 0 Å². The number of hydrogen-bond acceptors (Lipinski definition) is 5. The maximum absolute atomic E-state index is 12.4. The Balaban J connectivity index is 4.95. The Bertz CT molecular complexity index is 323. The number of carbonyl (C=O) groups excluding carboxylic acids is 2. The quantitative estimate of drug-likeness (QED) is 0.357. The van der Waals surface area contributed by atoms with Crippen molar-refractivity contribution in [2.45, 2.75) is 45.6 Å². The van der Waals surface area contributed by atoms with Crippen molar-refractivity contribution < 1.29 is 9.59 Å². The summed E-state index contributed by atoms with van der Waals surface area (Å²) in [5.41, 5.74) is 16.5. The average Bonchev–Trinajstić information content (AvgIpc) is 2.48. The van der Waals surface area contributed by atoms with Crippen LogP contribution in [0.15, 0.2) is 0 Å². The van der Waals surface area contributed by atoms with Crippen molar-refractivity contribution in [2.24, 2.45) is 23.1 Å². The molecule has 22 heavy (non-hydrogen) atoms. The van der Waals surface area contributed by atoms with Crippen molar-refractivity contribution in [3.05, 3.63) is 0 Å². The summed E-state index contributed by atoms with van der Waals surface area (Å²) in [7, 11) is 0. The fourth-order valence-electron chi connectivity index (χ4n) is 2.30. The van der Waals surface area contributed by atoms with Crippen LogP contribution in [0.1, 0.15) is 39.5 Å². The summed E-state index contributed by atoms with van der Waals surface area (Å²) in [5, 5.41) is 2.86. The van der Waals surface area contributed by atoms with E-state index < -0.39 is 6.04 Å². The largest absolute Gasteiger partial charge is 0.354 e. The number of carbonyl (C=O) groups is 2. The first-order valence-corrected chi connectivity index (χ1v) is 8.16. The second-order valence-corrected chi connectivity index (χ2v) is 5.74. The van der Waals surface area contributed by atoms with Gasteiger partial charge in [0.25, 0.3) is 0 Å². The van der Waals surface area contributed by atoms with Gasteiger partial charge in [-0.1, -0.05) is 13.8 Å². The molecule has 7 heteroatoms. The molecular weight excluding hydrogens is 282 g/mol. The zero-order valence-corrected chi connectivity index (χ0v) is 14.0. The number of nitrogens with one attached hydrogen (secondary N) is 1. The van der Waals surface area contributed by atoms with E-state index in [1.54, 1.807) is 4.90 Å². The van der Waals surface area contributed by atoms with Crippen LogP contribution < -0.4 is 22.5 Å². The molecule has 0 aliphatic heterocycles. The van der Waals surface area contributed by atoms with Gasteiger partial charge in [-0.25, -0.2) is 0 Å². The van der Waals surface area contributed by atoms with Crippen LogP contribution in [0.4, 0.5) is 0 Å². The van der Waals surface area contributed by atoms with Crippen LogP contribution >= 0.6 is 0 Å². The van der Waals surface area contributed by atoms with Crippen LogP contribution in [0.2, 0.25) is 0 Å². The summed E-state index contributed by atoms with van der Waals surface area (Å²) >= 11 is 0. The second kappa shape index (κ2) is 12.4. The zero-order valence-electron chi connectivity index (χ0n) is 14.0. The standard InChI is InChI=1S/C15H33N5O2/c1-12(2)14(15(22)19-10-4-8-17)20(11-5-9-18)13(21)6-3-7-16/h12,14H,3-11,16-18H2,1-2H3,(H,19,22)/t14-/m0/s1. The number of rotatable bonds is 12. The van der Waals surface area contributed by atoms with Gasteiger partial charge in [0.2, 0.25) is 11.8 Å². The van der Waals surface area contributed by atoms with Crippen molar-refractivity contribution in [1.29, 1.82) is 0 Å².